The number of aliphatic hydroxyl groups excluding tert-OH is 1. The summed E-state index contributed by atoms with van der Waals surface area (Å²) in [5.74, 6) is 0.824. The first kappa shape index (κ1) is 28.6. The summed E-state index contributed by atoms with van der Waals surface area (Å²) in [5, 5.41) is 13.0. The molecule has 1 atom stereocenters. The van der Waals surface area contributed by atoms with E-state index in [-0.39, 0.29) is 24.0 Å². The summed E-state index contributed by atoms with van der Waals surface area (Å²) in [7, 11) is 0. The first-order valence-corrected chi connectivity index (χ1v) is 15.8. The normalized spacial score (nSPS) is 25.8. The Balaban J connectivity index is 1.17. The summed E-state index contributed by atoms with van der Waals surface area (Å²) in [5.41, 5.74) is 1.93. The molecular formula is C32H50N4O3. The first-order chi connectivity index (χ1) is 19.0. The number of likely N-dealkylation sites (tertiary alicyclic amines) is 2. The SMILES string of the molecule is CCCCN1C(=O)[C@H](CC2CCCCC2)NC(=O)C12CCN(Cc1ccc(CN3CCC(O)CC3)cc1)CC2. The van der Waals surface area contributed by atoms with E-state index in [4.69, 9.17) is 0 Å². The van der Waals surface area contributed by atoms with Gasteiger partial charge in [-0.3, -0.25) is 19.4 Å². The van der Waals surface area contributed by atoms with E-state index < -0.39 is 5.54 Å². The minimum absolute atomic E-state index is 0.0910. The highest BCUT2D eigenvalue weighted by Gasteiger charge is 2.53. The minimum Gasteiger partial charge on any atom is -0.393 e. The fourth-order valence-electron chi connectivity index (χ4n) is 7.35. The molecular weight excluding hydrogens is 488 g/mol. The molecule has 3 saturated heterocycles. The second-order valence-electron chi connectivity index (χ2n) is 12.7. The van der Waals surface area contributed by atoms with E-state index in [9.17, 15) is 14.7 Å². The molecule has 3 heterocycles. The molecule has 39 heavy (non-hydrogen) atoms. The van der Waals surface area contributed by atoms with Crippen molar-refractivity contribution in [2.24, 2.45) is 5.92 Å². The third kappa shape index (κ3) is 6.86. The molecule has 2 amide bonds. The van der Waals surface area contributed by atoms with Crippen LogP contribution in [0.3, 0.4) is 0 Å². The maximum atomic E-state index is 13.8. The van der Waals surface area contributed by atoms with Crippen LogP contribution in [-0.4, -0.2) is 82.0 Å². The molecule has 1 spiro atoms. The number of nitrogens with zero attached hydrogens (tertiary/aromatic N) is 3. The second kappa shape index (κ2) is 13.1. The number of amides is 2. The summed E-state index contributed by atoms with van der Waals surface area (Å²) >= 11 is 0. The fourth-order valence-corrected chi connectivity index (χ4v) is 7.35. The van der Waals surface area contributed by atoms with Gasteiger partial charge in [-0.05, 0) is 55.6 Å². The average molecular weight is 539 g/mol. The molecule has 1 aromatic carbocycles. The summed E-state index contributed by atoms with van der Waals surface area (Å²) in [4.78, 5) is 34.3. The Morgan fingerprint density at radius 2 is 1.46 bits per heavy atom. The van der Waals surface area contributed by atoms with Crippen LogP contribution in [0.15, 0.2) is 24.3 Å². The summed E-state index contributed by atoms with van der Waals surface area (Å²) in [6.07, 6.45) is 12.0. The molecule has 4 aliphatic rings. The van der Waals surface area contributed by atoms with Crippen LogP contribution in [0, 0.1) is 5.92 Å². The van der Waals surface area contributed by atoms with Crippen LogP contribution in [0.4, 0.5) is 0 Å². The molecule has 4 fully saturated rings. The molecule has 7 heteroatoms. The third-order valence-corrected chi connectivity index (χ3v) is 9.91. The fraction of sp³-hybridized carbons (Fsp3) is 0.750. The van der Waals surface area contributed by atoms with Crippen LogP contribution in [0.2, 0.25) is 0 Å². The van der Waals surface area contributed by atoms with E-state index >= 15 is 0 Å². The van der Waals surface area contributed by atoms with Gasteiger partial charge in [0.25, 0.3) is 0 Å². The maximum Gasteiger partial charge on any atom is 0.246 e. The number of aliphatic hydroxyl groups is 1. The maximum absolute atomic E-state index is 13.8. The Morgan fingerprint density at radius 1 is 0.872 bits per heavy atom. The molecule has 0 radical (unpaired) electrons. The Kier molecular flexibility index (Phi) is 9.62. The third-order valence-electron chi connectivity index (χ3n) is 9.91. The number of hydrogen-bond acceptors (Lipinski definition) is 5. The molecule has 0 unspecified atom stereocenters. The highest BCUT2D eigenvalue weighted by Crippen LogP contribution is 2.36. The van der Waals surface area contributed by atoms with Crippen molar-refractivity contribution < 1.29 is 14.7 Å². The highest BCUT2D eigenvalue weighted by atomic mass is 16.3. The van der Waals surface area contributed by atoms with E-state index in [0.29, 0.717) is 25.3 Å². The zero-order valence-electron chi connectivity index (χ0n) is 24.1. The molecule has 0 aromatic heterocycles. The van der Waals surface area contributed by atoms with Crippen LogP contribution >= 0.6 is 0 Å². The lowest BCUT2D eigenvalue weighted by Crippen LogP contribution is -2.73. The summed E-state index contributed by atoms with van der Waals surface area (Å²) in [6, 6.07) is 8.60. The van der Waals surface area contributed by atoms with Gasteiger partial charge >= 0.3 is 0 Å². The van der Waals surface area contributed by atoms with Gasteiger partial charge in [0, 0.05) is 45.8 Å². The zero-order valence-corrected chi connectivity index (χ0v) is 24.1. The number of piperidine rings is 2. The molecule has 3 aliphatic heterocycles. The van der Waals surface area contributed by atoms with Gasteiger partial charge in [0.1, 0.15) is 11.6 Å². The summed E-state index contributed by atoms with van der Waals surface area (Å²) in [6.45, 7) is 8.25. The van der Waals surface area contributed by atoms with Gasteiger partial charge in [-0.2, -0.15) is 0 Å². The minimum atomic E-state index is -0.683. The predicted molar refractivity (Wildman–Crippen MR) is 154 cm³/mol. The number of piperazine rings is 1. The van der Waals surface area contributed by atoms with Gasteiger partial charge in [-0.1, -0.05) is 69.7 Å². The Bertz CT molecular complexity index is 945. The highest BCUT2D eigenvalue weighted by molar-refractivity contribution is 6.00. The topological polar surface area (TPSA) is 76.1 Å². The van der Waals surface area contributed by atoms with Gasteiger partial charge in [0.15, 0.2) is 0 Å². The first-order valence-electron chi connectivity index (χ1n) is 15.8. The molecule has 5 rings (SSSR count). The number of rotatable bonds is 9. The monoisotopic (exact) mass is 538 g/mol. The van der Waals surface area contributed by atoms with Crippen molar-refractivity contribution in [3.8, 4) is 0 Å². The van der Waals surface area contributed by atoms with Crippen molar-refractivity contribution >= 4 is 11.8 Å². The van der Waals surface area contributed by atoms with E-state index in [1.807, 2.05) is 4.90 Å². The number of hydrogen-bond donors (Lipinski definition) is 2. The predicted octanol–water partition coefficient (Wildman–Crippen LogP) is 4.08. The Hall–Kier alpha value is -1.96. The van der Waals surface area contributed by atoms with Crippen molar-refractivity contribution in [1.82, 2.24) is 20.0 Å². The molecule has 7 nitrogen and oxygen atoms in total. The largest absolute Gasteiger partial charge is 0.393 e. The van der Waals surface area contributed by atoms with Gasteiger partial charge in [-0.15, -0.1) is 0 Å². The van der Waals surface area contributed by atoms with Gasteiger partial charge in [-0.25, -0.2) is 0 Å². The molecule has 1 aromatic rings. The van der Waals surface area contributed by atoms with Crippen LogP contribution in [0.5, 0.6) is 0 Å². The van der Waals surface area contributed by atoms with Crippen LogP contribution in [0.25, 0.3) is 0 Å². The molecule has 1 saturated carbocycles. The van der Waals surface area contributed by atoms with E-state index in [0.717, 1.165) is 71.4 Å². The van der Waals surface area contributed by atoms with E-state index in [2.05, 4.69) is 46.3 Å². The van der Waals surface area contributed by atoms with Crippen molar-refractivity contribution in [2.75, 3.05) is 32.7 Å². The van der Waals surface area contributed by atoms with E-state index in [1.54, 1.807) is 0 Å². The summed E-state index contributed by atoms with van der Waals surface area (Å²) < 4.78 is 0. The van der Waals surface area contributed by atoms with E-state index in [1.165, 1.54) is 43.2 Å². The lowest BCUT2D eigenvalue weighted by molar-refractivity contribution is -0.162. The number of carbonyl (C=O) groups excluding carboxylic acids is 2. The van der Waals surface area contributed by atoms with Crippen molar-refractivity contribution in [3.63, 3.8) is 0 Å². The van der Waals surface area contributed by atoms with Crippen molar-refractivity contribution in [1.29, 1.82) is 0 Å². The van der Waals surface area contributed by atoms with Crippen molar-refractivity contribution in [2.45, 2.75) is 115 Å². The number of carbonyl (C=O) groups is 2. The van der Waals surface area contributed by atoms with Gasteiger partial charge in [0.05, 0.1) is 6.10 Å². The number of nitrogens with one attached hydrogen (secondary N) is 1. The Labute approximate surface area is 235 Å². The van der Waals surface area contributed by atoms with Crippen molar-refractivity contribution in [3.05, 3.63) is 35.4 Å². The standard InChI is InChI=1S/C32H50N4O3/c1-2-3-17-36-30(38)29(22-25-7-5-4-6-8-25)33-31(39)32(36)15-20-35(21-16-32)24-27-11-9-26(10-12-27)23-34-18-13-28(37)14-19-34/h9-12,25,28-29,37H,2-8,13-24H2,1H3,(H,33,39)/t29-/m0/s1. The van der Waals surface area contributed by atoms with Gasteiger partial charge in [0.2, 0.25) is 11.8 Å². The number of unbranched alkanes of at least 4 members (excludes halogenated alkanes) is 1. The lowest BCUT2D eigenvalue weighted by Gasteiger charge is -2.52. The van der Waals surface area contributed by atoms with Crippen LogP contribution in [0.1, 0.15) is 95.1 Å². The van der Waals surface area contributed by atoms with Crippen LogP contribution < -0.4 is 5.32 Å². The average Bonchev–Trinajstić information content (AvgIpc) is 2.96. The smallest absolute Gasteiger partial charge is 0.246 e. The molecule has 216 valence electrons. The molecule has 0 bridgehead atoms. The molecule has 1 aliphatic carbocycles. The second-order valence-corrected chi connectivity index (χ2v) is 12.7. The quantitative estimate of drug-likeness (QED) is 0.496. The Morgan fingerprint density at radius 3 is 2.05 bits per heavy atom. The van der Waals surface area contributed by atoms with Crippen LogP contribution in [-0.2, 0) is 22.7 Å². The number of benzene rings is 1. The van der Waals surface area contributed by atoms with Gasteiger partial charge < -0.3 is 15.3 Å². The molecule has 2 N–H and O–H groups in total. The zero-order chi connectivity index (χ0) is 27.2. The lowest BCUT2D eigenvalue weighted by atomic mass is 9.79.